The van der Waals surface area contributed by atoms with Gasteiger partial charge in [0.25, 0.3) is 15.3 Å². The van der Waals surface area contributed by atoms with E-state index in [0.29, 0.717) is 11.5 Å². The molecule has 0 heterocycles. The van der Waals surface area contributed by atoms with Crippen LogP contribution in [0.1, 0.15) is 0 Å². The topological polar surface area (TPSA) is 275 Å². The van der Waals surface area contributed by atoms with Crippen LogP contribution in [-0.4, -0.2) is 24.7 Å². The van der Waals surface area contributed by atoms with Gasteiger partial charge < -0.3 is 9.05 Å². The molecule has 20 heteroatoms. The van der Waals surface area contributed by atoms with Crippen LogP contribution in [0.2, 0.25) is 0 Å². The van der Waals surface area contributed by atoms with Crippen LogP contribution in [0.5, 0.6) is 0 Å². The van der Waals surface area contributed by atoms with Gasteiger partial charge in [-0.15, -0.1) is 0 Å². The number of hydrogen-bond donors (Lipinski definition) is 8. The van der Waals surface area contributed by atoms with Crippen LogP contribution in [0, 0.1) is 10.3 Å². The highest BCUT2D eigenvalue weighted by molar-refractivity contribution is 8.76. The summed E-state index contributed by atoms with van der Waals surface area (Å²) < 4.78 is 40.8. The normalized spacial score (nSPS) is 18.1. The van der Waals surface area contributed by atoms with Crippen LogP contribution < -0.4 is 33.0 Å². The number of nitrogens with one attached hydrogen (secondary N) is 2. The Bertz CT molecular complexity index is 531. The van der Waals surface area contributed by atoms with Crippen molar-refractivity contribution in [2.24, 2.45) is 33.0 Å². The summed E-state index contributed by atoms with van der Waals surface area (Å²) in [6.07, 6.45) is 0. The molecule has 0 aromatic rings. The second-order valence-corrected chi connectivity index (χ2v) is 13.5. The molecule has 0 aliphatic heterocycles. The molecular formula is C4H22N8O6P4S2. The molecule has 2 unspecified atom stereocenters. The second kappa shape index (κ2) is 10.5. The van der Waals surface area contributed by atoms with Crippen LogP contribution in [0.4, 0.5) is 0 Å². The molecule has 0 aliphatic carbocycles. The van der Waals surface area contributed by atoms with Gasteiger partial charge in [-0.2, -0.15) is 0 Å². The van der Waals surface area contributed by atoms with Crippen LogP contribution >= 0.6 is 52.2 Å². The predicted octanol–water partition coefficient (Wildman–Crippen LogP) is 1.45. The Morgan fingerprint density at radius 1 is 0.708 bits per heavy atom. The highest BCUT2D eigenvalue weighted by Gasteiger charge is 2.23. The quantitative estimate of drug-likeness (QED) is 0.108. The van der Waals surface area contributed by atoms with Crippen LogP contribution in [0.25, 0.3) is 0 Å². The van der Waals surface area contributed by atoms with Crippen molar-refractivity contribution < 1.29 is 26.8 Å². The highest BCUT2D eigenvalue weighted by atomic mass is 33.1. The zero-order valence-electron chi connectivity index (χ0n) is 12.3. The molecule has 0 aliphatic rings. The molecule has 0 fully saturated rings. The second-order valence-electron chi connectivity index (χ2n) is 3.96. The Kier molecular flexibility index (Phi) is 11.1. The largest absolute Gasteiger partial charge is 0.342 e. The van der Waals surface area contributed by atoms with Crippen molar-refractivity contribution in [3.63, 3.8) is 0 Å². The molecule has 0 radical (unpaired) electrons. The van der Waals surface area contributed by atoms with Crippen LogP contribution in [0.15, 0.2) is 0 Å². The fraction of sp³-hybridized carbons (Fsp3) is 1.00. The van der Waals surface area contributed by atoms with Crippen molar-refractivity contribution in [2.75, 3.05) is 24.7 Å². The van der Waals surface area contributed by atoms with Crippen molar-refractivity contribution in [1.29, 1.82) is 10.3 Å². The van der Waals surface area contributed by atoms with Gasteiger partial charge in [0.2, 0.25) is 0 Å². The Morgan fingerprint density at radius 2 is 1.00 bits per heavy atom. The summed E-state index contributed by atoms with van der Waals surface area (Å²) in [5.41, 5.74) is 30.5. The molecule has 0 aromatic carbocycles. The number of nitrogens with two attached hydrogens (primary N) is 6. The minimum absolute atomic E-state index is 0.0468. The zero-order chi connectivity index (χ0) is 19.1. The molecule has 0 saturated carbocycles. The lowest BCUT2D eigenvalue weighted by Gasteiger charge is -2.19. The van der Waals surface area contributed by atoms with E-state index in [1.54, 1.807) is 0 Å². The summed E-state index contributed by atoms with van der Waals surface area (Å²) in [5.74, 6) is 0.846. The van der Waals surface area contributed by atoms with Crippen molar-refractivity contribution in [1.82, 2.24) is 0 Å². The van der Waals surface area contributed by atoms with Crippen molar-refractivity contribution in [2.45, 2.75) is 0 Å². The molecule has 14 nitrogen and oxygen atoms in total. The third kappa shape index (κ3) is 16.7. The lowest BCUT2D eigenvalue weighted by atomic mass is 10.9. The van der Waals surface area contributed by atoms with Gasteiger partial charge in [0, 0.05) is 11.5 Å². The SMILES string of the molecule is N=P(N)(OCCSSCCOP(=N)(N)OP(N)(N)=O)OP(N)(N)=O. The van der Waals surface area contributed by atoms with Crippen LogP contribution in [0.3, 0.4) is 0 Å². The first-order valence-electron chi connectivity index (χ1n) is 5.78. The monoisotopic (exact) mass is 466 g/mol. The maximum atomic E-state index is 11.0. The van der Waals surface area contributed by atoms with Crippen molar-refractivity contribution in [3.8, 4) is 0 Å². The van der Waals surface area contributed by atoms with E-state index in [9.17, 15) is 9.13 Å². The molecular weight excluding hydrogens is 444 g/mol. The molecule has 2 atom stereocenters. The van der Waals surface area contributed by atoms with Crippen LogP contribution in [-0.2, 0) is 26.8 Å². The summed E-state index contributed by atoms with van der Waals surface area (Å²) in [4.78, 5) is 0. The summed E-state index contributed by atoms with van der Waals surface area (Å²) in [6, 6.07) is 0. The van der Waals surface area contributed by atoms with Gasteiger partial charge in [0.15, 0.2) is 0 Å². The molecule has 0 rings (SSSR count). The Morgan fingerprint density at radius 3 is 1.25 bits per heavy atom. The lowest BCUT2D eigenvalue weighted by Crippen LogP contribution is -2.12. The maximum absolute atomic E-state index is 11.0. The number of rotatable bonds is 13. The van der Waals surface area contributed by atoms with E-state index >= 15 is 0 Å². The van der Waals surface area contributed by atoms with Gasteiger partial charge in [0.1, 0.15) is 0 Å². The molecule has 24 heavy (non-hydrogen) atoms. The average molecular weight is 466 g/mol. The standard InChI is InChI=1S/C4H22N8O6P4S2/c5-19(6,13)17-21(9,10)15-1-3-23-24-4-2-16-22(11,12)18-20(7,8)14/h1-4H2,(H3,9,10)(H3,11,12)(H4,5,6,13)(H4,7,8,14). The molecule has 0 saturated heterocycles. The van der Waals surface area contributed by atoms with Gasteiger partial charge in [0.05, 0.1) is 13.2 Å². The summed E-state index contributed by atoms with van der Waals surface area (Å²) in [6.45, 7) is 0.0937. The Hall–Kier alpha value is 1.22. The first-order chi connectivity index (χ1) is 10.6. The fourth-order valence-electron chi connectivity index (χ4n) is 0.958. The Balaban J connectivity index is 3.79. The van der Waals surface area contributed by atoms with E-state index in [1.807, 2.05) is 0 Å². The molecule has 0 spiro atoms. The molecule has 0 amide bonds. The minimum Gasteiger partial charge on any atom is -0.311 e. The Labute approximate surface area is 147 Å². The maximum Gasteiger partial charge on any atom is 0.342 e. The number of hydrogen-bond acceptors (Lipinski definition) is 10. The van der Waals surface area contributed by atoms with Gasteiger partial charge in [-0.1, -0.05) is 21.6 Å². The fourth-order valence-corrected chi connectivity index (χ4v) is 6.99. The van der Waals surface area contributed by atoms with Gasteiger partial charge >= 0.3 is 15.3 Å². The molecule has 0 bridgehead atoms. The first kappa shape index (κ1) is 25.2. The van der Waals surface area contributed by atoms with Crippen molar-refractivity contribution >= 4 is 52.2 Å². The van der Waals surface area contributed by atoms with E-state index in [0.717, 1.165) is 0 Å². The first-order valence-corrected chi connectivity index (χ1v) is 15.2. The minimum atomic E-state index is -3.88. The third-order valence-electron chi connectivity index (χ3n) is 1.48. The van der Waals surface area contributed by atoms with Gasteiger partial charge in [-0.3, -0.25) is 30.5 Å². The van der Waals surface area contributed by atoms with Crippen molar-refractivity contribution in [3.05, 3.63) is 0 Å². The molecule has 0 aromatic heterocycles. The predicted molar refractivity (Wildman–Crippen MR) is 98.6 cm³/mol. The van der Waals surface area contributed by atoms with E-state index in [-0.39, 0.29) is 13.2 Å². The zero-order valence-corrected chi connectivity index (χ0v) is 17.6. The summed E-state index contributed by atoms with van der Waals surface area (Å²) in [5, 5.41) is 14.9. The van der Waals surface area contributed by atoms with E-state index in [1.165, 1.54) is 21.6 Å². The molecule has 14 N–H and O–H groups in total. The van der Waals surface area contributed by atoms with E-state index in [2.05, 4.69) is 8.62 Å². The average Bonchev–Trinajstić information content (AvgIpc) is 2.25. The molecule has 146 valence electrons. The summed E-state index contributed by atoms with van der Waals surface area (Å²) >= 11 is 0. The third-order valence-corrected chi connectivity index (χ3v) is 8.93. The van der Waals surface area contributed by atoms with E-state index < -0.39 is 30.7 Å². The smallest absolute Gasteiger partial charge is 0.311 e. The lowest BCUT2D eigenvalue weighted by molar-refractivity contribution is 0.322. The van der Waals surface area contributed by atoms with Gasteiger partial charge in [-0.25, -0.2) is 30.6 Å². The van der Waals surface area contributed by atoms with E-state index in [4.69, 9.17) is 52.4 Å². The van der Waals surface area contributed by atoms with Gasteiger partial charge in [-0.05, 0) is 0 Å². The summed E-state index contributed by atoms with van der Waals surface area (Å²) in [7, 11) is -12.2. The highest BCUT2D eigenvalue weighted by Crippen LogP contribution is 2.52.